The van der Waals surface area contributed by atoms with E-state index in [2.05, 4.69) is 22.4 Å². The molecule has 1 saturated carbocycles. The summed E-state index contributed by atoms with van der Waals surface area (Å²) in [6, 6.07) is 0. The highest BCUT2D eigenvalue weighted by molar-refractivity contribution is 5.96. The Labute approximate surface area is 108 Å². The average molecular weight is 250 g/mol. The molecular weight excluding hydrogens is 228 g/mol. The Kier molecular flexibility index (Phi) is 4.23. The molecule has 1 fully saturated rings. The fraction of sp³-hybridized carbons (Fsp3) is 0.692. The summed E-state index contributed by atoms with van der Waals surface area (Å²) in [6.07, 6.45) is 7.76. The smallest absolute Gasteiger partial charge is 0.271 e. The molecule has 0 radical (unpaired) electrons. The fourth-order valence-electron chi connectivity index (χ4n) is 2.57. The molecule has 0 bridgehead atoms. The normalized spacial score (nSPS) is 23.8. The predicted octanol–water partition coefficient (Wildman–Crippen LogP) is 1.94. The largest absolute Gasteiger partial charge is 0.396 e. The maximum Gasteiger partial charge on any atom is 0.271 e. The van der Waals surface area contributed by atoms with Crippen LogP contribution in [0, 0.1) is 11.8 Å². The van der Waals surface area contributed by atoms with Crippen LogP contribution in [0.15, 0.2) is 6.20 Å². The van der Waals surface area contributed by atoms with E-state index in [1.165, 1.54) is 31.9 Å². The first-order chi connectivity index (χ1) is 8.66. The van der Waals surface area contributed by atoms with Crippen LogP contribution in [0.5, 0.6) is 0 Å². The number of nitrogens with one attached hydrogen (secondary N) is 2. The van der Waals surface area contributed by atoms with E-state index in [1.807, 2.05) is 0 Å². The molecule has 1 amide bonds. The lowest BCUT2D eigenvalue weighted by molar-refractivity contribution is 0.0945. The Bertz CT molecular complexity index is 393. The molecule has 1 aliphatic carbocycles. The molecule has 1 aliphatic rings. The van der Waals surface area contributed by atoms with Gasteiger partial charge in [-0.15, -0.1) is 0 Å². The monoisotopic (exact) mass is 250 g/mol. The molecule has 100 valence electrons. The van der Waals surface area contributed by atoms with Crippen molar-refractivity contribution in [1.82, 2.24) is 15.5 Å². The summed E-state index contributed by atoms with van der Waals surface area (Å²) in [6.45, 7) is 3.04. The number of rotatable bonds is 4. The highest BCUT2D eigenvalue weighted by atomic mass is 16.1. The van der Waals surface area contributed by atoms with Crippen LogP contribution in [0.3, 0.4) is 0 Å². The minimum Gasteiger partial charge on any atom is -0.396 e. The van der Waals surface area contributed by atoms with Crippen LogP contribution in [0.1, 0.15) is 49.5 Å². The van der Waals surface area contributed by atoms with Crippen molar-refractivity contribution in [2.75, 3.05) is 12.3 Å². The third kappa shape index (κ3) is 3.24. The van der Waals surface area contributed by atoms with Crippen molar-refractivity contribution in [3.8, 4) is 0 Å². The number of amides is 1. The zero-order valence-electron chi connectivity index (χ0n) is 10.9. The number of hydrogen-bond acceptors (Lipinski definition) is 3. The molecule has 0 spiro atoms. The number of carbonyl (C=O) groups is 1. The van der Waals surface area contributed by atoms with Gasteiger partial charge in [-0.05, 0) is 18.3 Å². The molecule has 5 heteroatoms. The first-order valence-electron chi connectivity index (χ1n) is 6.74. The van der Waals surface area contributed by atoms with Crippen LogP contribution in [-0.2, 0) is 0 Å². The first kappa shape index (κ1) is 12.9. The second-order valence-corrected chi connectivity index (χ2v) is 5.37. The molecule has 5 nitrogen and oxygen atoms in total. The van der Waals surface area contributed by atoms with Crippen molar-refractivity contribution in [2.24, 2.45) is 11.8 Å². The van der Waals surface area contributed by atoms with Crippen molar-refractivity contribution < 1.29 is 4.79 Å². The Balaban J connectivity index is 1.69. The Morgan fingerprint density at radius 3 is 2.83 bits per heavy atom. The van der Waals surface area contributed by atoms with Gasteiger partial charge in [-0.1, -0.05) is 32.6 Å². The van der Waals surface area contributed by atoms with E-state index in [1.54, 1.807) is 0 Å². The lowest BCUT2D eigenvalue weighted by Crippen LogP contribution is -2.27. The van der Waals surface area contributed by atoms with Gasteiger partial charge in [0.05, 0.1) is 11.9 Å². The van der Waals surface area contributed by atoms with E-state index in [-0.39, 0.29) is 5.91 Å². The van der Waals surface area contributed by atoms with Crippen LogP contribution < -0.4 is 11.1 Å². The molecule has 0 saturated heterocycles. The van der Waals surface area contributed by atoms with Gasteiger partial charge in [0, 0.05) is 6.54 Å². The van der Waals surface area contributed by atoms with E-state index in [0.717, 1.165) is 24.8 Å². The van der Waals surface area contributed by atoms with Crippen molar-refractivity contribution >= 4 is 11.6 Å². The minimum atomic E-state index is -0.158. The van der Waals surface area contributed by atoms with Crippen LogP contribution in [0.2, 0.25) is 0 Å². The number of nitrogens with two attached hydrogens (primary N) is 1. The van der Waals surface area contributed by atoms with Gasteiger partial charge in [-0.2, -0.15) is 5.10 Å². The molecule has 1 aromatic heterocycles. The SMILES string of the molecule is CC1CCC(CCNC(=O)c2[nH]ncc2N)CC1. The van der Waals surface area contributed by atoms with Crippen molar-refractivity contribution in [2.45, 2.75) is 39.0 Å². The number of hydrogen-bond donors (Lipinski definition) is 3. The fourth-order valence-corrected chi connectivity index (χ4v) is 2.57. The zero-order valence-corrected chi connectivity index (χ0v) is 10.9. The summed E-state index contributed by atoms with van der Waals surface area (Å²) in [7, 11) is 0. The first-order valence-corrected chi connectivity index (χ1v) is 6.74. The van der Waals surface area contributed by atoms with Gasteiger partial charge in [-0.25, -0.2) is 0 Å². The molecule has 4 N–H and O–H groups in total. The Hall–Kier alpha value is -1.52. The molecule has 18 heavy (non-hydrogen) atoms. The highest BCUT2D eigenvalue weighted by Gasteiger charge is 2.18. The van der Waals surface area contributed by atoms with Gasteiger partial charge in [0.15, 0.2) is 0 Å². The highest BCUT2D eigenvalue weighted by Crippen LogP contribution is 2.29. The second kappa shape index (κ2) is 5.89. The molecule has 1 heterocycles. The van der Waals surface area contributed by atoms with E-state index < -0.39 is 0 Å². The summed E-state index contributed by atoms with van der Waals surface area (Å²) in [5, 5.41) is 9.24. The predicted molar refractivity (Wildman–Crippen MR) is 71.1 cm³/mol. The molecule has 0 unspecified atom stereocenters. The number of nitrogens with zero attached hydrogens (tertiary/aromatic N) is 1. The molecular formula is C13H22N4O. The lowest BCUT2D eigenvalue weighted by atomic mass is 9.81. The van der Waals surface area contributed by atoms with Crippen molar-refractivity contribution in [3.05, 3.63) is 11.9 Å². The molecule has 1 aromatic rings. The minimum absolute atomic E-state index is 0.158. The number of anilines is 1. The summed E-state index contributed by atoms with van der Waals surface area (Å²) < 4.78 is 0. The number of H-pyrrole nitrogens is 1. The number of aromatic amines is 1. The van der Waals surface area contributed by atoms with Crippen LogP contribution in [0.25, 0.3) is 0 Å². The molecule has 0 aliphatic heterocycles. The van der Waals surface area contributed by atoms with Gasteiger partial charge < -0.3 is 11.1 Å². The third-order valence-electron chi connectivity index (χ3n) is 3.87. The number of aromatic nitrogens is 2. The summed E-state index contributed by atoms with van der Waals surface area (Å²) in [5.41, 5.74) is 6.39. The van der Waals surface area contributed by atoms with Crippen molar-refractivity contribution in [3.63, 3.8) is 0 Å². The molecule has 2 rings (SSSR count). The van der Waals surface area contributed by atoms with Gasteiger partial charge in [0.25, 0.3) is 5.91 Å². The standard InChI is InChI=1S/C13H22N4O/c1-9-2-4-10(5-3-9)6-7-15-13(18)12-11(14)8-16-17-12/h8-10H,2-7,14H2,1H3,(H,15,18)(H,16,17). The van der Waals surface area contributed by atoms with Crippen LogP contribution in [-0.4, -0.2) is 22.6 Å². The van der Waals surface area contributed by atoms with E-state index in [0.29, 0.717) is 11.4 Å². The number of carbonyl (C=O) groups excluding carboxylic acids is 1. The van der Waals surface area contributed by atoms with Gasteiger partial charge in [0.2, 0.25) is 0 Å². The topological polar surface area (TPSA) is 83.8 Å². The maximum absolute atomic E-state index is 11.8. The zero-order chi connectivity index (χ0) is 13.0. The molecule has 0 aromatic carbocycles. The lowest BCUT2D eigenvalue weighted by Gasteiger charge is -2.26. The summed E-state index contributed by atoms with van der Waals surface area (Å²) >= 11 is 0. The van der Waals surface area contributed by atoms with E-state index in [4.69, 9.17) is 5.73 Å². The average Bonchev–Trinajstić information content (AvgIpc) is 2.78. The number of nitrogen functional groups attached to an aromatic ring is 1. The van der Waals surface area contributed by atoms with Crippen molar-refractivity contribution in [1.29, 1.82) is 0 Å². The van der Waals surface area contributed by atoms with Gasteiger partial charge in [-0.3, -0.25) is 9.89 Å². The molecule has 0 atom stereocenters. The van der Waals surface area contributed by atoms with Crippen LogP contribution >= 0.6 is 0 Å². The van der Waals surface area contributed by atoms with Gasteiger partial charge in [0.1, 0.15) is 5.69 Å². The van der Waals surface area contributed by atoms with E-state index in [9.17, 15) is 4.79 Å². The maximum atomic E-state index is 11.8. The second-order valence-electron chi connectivity index (χ2n) is 5.37. The summed E-state index contributed by atoms with van der Waals surface area (Å²) in [5.74, 6) is 1.48. The Morgan fingerprint density at radius 2 is 2.22 bits per heavy atom. The van der Waals surface area contributed by atoms with E-state index >= 15 is 0 Å². The Morgan fingerprint density at radius 1 is 1.50 bits per heavy atom. The summed E-state index contributed by atoms with van der Waals surface area (Å²) in [4.78, 5) is 11.8. The van der Waals surface area contributed by atoms with Crippen LogP contribution in [0.4, 0.5) is 5.69 Å². The van der Waals surface area contributed by atoms with Gasteiger partial charge >= 0.3 is 0 Å². The quantitative estimate of drug-likeness (QED) is 0.763. The third-order valence-corrected chi connectivity index (χ3v) is 3.87.